The number of nitrogens with one attached hydrogen (secondary N) is 2. The molecule has 0 radical (unpaired) electrons. The summed E-state index contributed by atoms with van der Waals surface area (Å²) >= 11 is 4.81. The van der Waals surface area contributed by atoms with Crippen LogP contribution in [0.15, 0.2) is 33.6 Å². The van der Waals surface area contributed by atoms with Gasteiger partial charge in [-0.2, -0.15) is 0 Å². The molecule has 0 spiro atoms. The summed E-state index contributed by atoms with van der Waals surface area (Å²) in [6.45, 7) is 0. The van der Waals surface area contributed by atoms with Crippen LogP contribution < -0.4 is 10.9 Å². The van der Waals surface area contributed by atoms with Gasteiger partial charge in [-0.15, -0.1) is 11.8 Å². The first kappa shape index (κ1) is 16.4. The Kier molecular flexibility index (Phi) is 6.57. The van der Waals surface area contributed by atoms with E-state index in [1.165, 1.54) is 18.2 Å². The van der Waals surface area contributed by atoms with Gasteiger partial charge in [-0.05, 0) is 37.1 Å². The number of carbonyl (C=O) groups excluding carboxylic acids is 2. The van der Waals surface area contributed by atoms with Crippen LogP contribution in [0.4, 0.5) is 0 Å². The zero-order chi connectivity index (χ0) is 15.1. The number of hydrazine groups is 1. The molecule has 1 aromatic rings. The van der Waals surface area contributed by atoms with E-state index in [1.807, 2.05) is 24.3 Å². The molecule has 21 heavy (non-hydrogen) atoms. The molecule has 6 heteroatoms. The minimum absolute atomic E-state index is 0.0539. The molecule has 2 amide bonds. The second kappa shape index (κ2) is 8.44. The van der Waals surface area contributed by atoms with Crippen LogP contribution in [-0.2, 0) is 9.59 Å². The third-order valence-electron chi connectivity index (χ3n) is 3.48. The Bertz CT molecular complexity index is 487. The molecule has 4 nitrogen and oxygen atoms in total. The maximum absolute atomic E-state index is 11.9. The lowest BCUT2D eigenvalue weighted by Crippen LogP contribution is -2.45. The van der Waals surface area contributed by atoms with Crippen molar-refractivity contribution in [3.05, 3.63) is 28.7 Å². The lowest BCUT2D eigenvalue weighted by Gasteiger charge is -2.20. The molecular formula is C15H19BrN2O2S. The smallest absolute Gasteiger partial charge is 0.248 e. The van der Waals surface area contributed by atoms with Crippen LogP contribution in [0.25, 0.3) is 0 Å². The summed E-state index contributed by atoms with van der Waals surface area (Å²) < 4.78 is 1.01. The predicted octanol–water partition coefficient (Wildman–Crippen LogP) is 3.27. The van der Waals surface area contributed by atoms with Crippen molar-refractivity contribution in [3.63, 3.8) is 0 Å². The Morgan fingerprint density at radius 3 is 2.43 bits per heavy atom. The molecule has 2 N–H and O–H groups in total. The minimum Gasteiger partial charge on any atom is -0.273 e. The van der Waals surface area contributed by atoms with Crippen LogP contribution in [0.1, 0.15) is 32.1 Å². The van der Waals surface area contributed by atoms with E-state index in [4.69, 9.17) is 0 Å². The molecule has 0 saturated heterocycles. The van der Waals surface area contributed by atoms with Crippen LogP contribution in [-0.4, -0.2) is 17.6 Å². The molecule has 0 aliphatic heterocycles. The van der Waals surface area contributed by atoms with Crippen molar-refractivity contribution in [1.82, 2.24) is 10.9 Å². The van der Waals surface area contributed by atoms with E-state index in [1.54, 1.807) is 0 Å². The van der Waals surface area contributed by atoms with Crippen molar-refractivity contribution in [2.45, 2.75) is 37.0 Å². The highest BCUT2D eigenvalue weighted by molar-refractivity contribution is 9.10. The summed E-state index contributed by atoms with van der Waals surface area (Å²) in [5, 5.41) is 0. The number of hydrogen-bond acceptors (Lipinski definition) is 3. The average Bonchev–Trinajstić information content (AvgIpc) is 2.53. The van der Waals surface area contributed by atoms with Crippen LogP contribution in [0.5, 0.6) is 0 Å². The molecule has 0 unspecified atom stereocenters. The fourth-order valence-corrected chi connectivity index (χ4v) is 3.28. The summed E-state index contributed by atoms with van der Waals surface area (Å²) in [5.74, 6) is 0.0917. The van der Waals surface area contributed by atoms with Gasteiger partial charge in [0.25, 0.3) is 0 Å². The van der Waals surface area contributed by atoms with Gasteiger partial charge in [-0.25, -0.2) is 0 Å². The third-order valence-corrected chi connectivity index (χ3v) is 5.03. The van der Waals surface area contributed by atoms with Gasteiger partial charge in [0.15, 0.2) is 0 Å². The first-order chi connectivity index (χ1) is 10.1. The summed E-state index contributed by atoms with van der Waals surface area (Å²) in [5.41, 5.74) is 5.03. The molecule has 0 atom stereocenters. The van der Waals surface area contributed by atoms with Crippen molar-refractivity contribution in [1.29, 1.82) is 0 Å². The van der Waals surface area contributed by atoms with Crippen LogP contribution >= 0.6 is 27.7 Å². The number of amides is 2. The van der Waals surface area contributed by atoms with Crippen molar-refractivity contribution < 1.29 is 9.59 Å². The molecule has 1 saturated carbocycles. The normalized spacial score (nSPS) is 15.5. The Balaban J connectivity index is 1.67. The Morgan fingerprint density at radius 2 is 1.76 bits per heavy atom. The second-order valence-electron chi connectivity index (χ2n) is 5.11. The molecule has 1 fully saturated rings. The number of halogens is 1. The minimum atomic E-state index is -0.188. The monoisotopic (exact) mass is 370 g/mol. The number of carbonyl (C=O) groups is 2. The first-order valence-electron chi connectivity index (χ1n) is 7.12. The molecule has 1 aromatic carbocycles. The van der Waals surface area contributed by atoms with Gasteiger partial charge in [0.2, 0.25) is 11.8 Å². The van der Waals surface area contributed by atoms with Crippen molar-refractivity contribution >= 4 is 39.5 Å². The van der Waals surface area contributed by atoms with E-state index in [2.05, 4.69) is 26.8 Å². The maximum atomic E-state index is 11.9. The maximum Gasteiger partial charge on any atom is 0.248 e. The van der Waals surface area contributed by atoms with Crippen molar-refractivity contribution in [2.75, 3.05) is 5.75 Å². The highest BCUT2D eigenvalue weighted by Crippen LogP contribution is 2.23. The number of hydrogen-bond donors (Lipinski definition) is 2. The molecule has 0 bridgehead atoms. The number of rotatable bonds is 4. The van der Waals surface area contributed by atoms with Gasteiger partial charge in [0.1, 0.15) is 0 Å². The van der Waals surface area contributed by atoms with E-state index in [0.29, 0.717) is 0 Å². The lowest BCUT2D eigenvalue weighted by atomic mass is 9.89. The number of thioether (sulfide) groups is 1. The summed E-state index contributed by atoms with van der Waals surface area (Å²) in [7, 11) is 0. The second-order valence-corrected chi connectivity index (χ2v) is 7.08. The van der Waals surface area contributed by atoms with Crippen LogP contribution in [0, 0.1) is 5.92 Å². The topological polar surface area (TPSA) is 58.2 Å². The predicted molar refractivity (Wildman–Crippen MR) is 87.7 cm³/mol. The SMILES string of the molecule is O=C(CSc1ccc(Br)cc1)NNC(=O)C1CCCCC1. The third kappa shape index (κ3) is 5.71. The Morgan fingerprint density at radius 1 is 1.10 bits per heavy atom. The molecule has 1 aliphatic carbocycles. The molecule has 2 rings (SSSR count). The molecule has 0 heterocycles. The van der Waals surface area contributed by atoms with Gasteiger partial charge >= 0.3 is 0 Å². The van der Waals surface area contributed by atoms with E-state index in [-0.39, 0.29) is 23.5 Å². The van der Waals surface area contributed by atoms with Gasteiger partial charge in [-0.3, -0.25) is 20.4 Å². The van der Waals surface area contributed by atoms with Gasteiger partial charge in [-0.1, -0.05) is 35.2 Å². The quantitative estimate of drug-likeness (QED) is 0.631. The first-order valence-corrected chi connectivity index (χ1v) is 8.90. The highest BCUT2D eigenvalue weighted by Gasteiger charge is 2.21. The van der Waals surface area contributed by atoms with Crippen LogP contribution in [0.3, 0.4) is 0 Å². The number of benzene rings is 1. The van der Waals surface area contributed by atoms with Crippen molar-refractivity contribution in [2.24, 2.45) is 5.92 Å². The van der Waals surface area contributed by atoms with Gasteiger partial charge in [0.05, 0.1) is 5.75 Å². The summed E-state index contributed by atoms with van der Waals surface area (Å²) in [6.07, 6.45) is 5.27. The summed E-state index contributed by atoms with van der Waals surface area (Å²) in [6, 6.07) is 7.77. The summed E-state index contributed by atoms with van der Waals surface area (Å²) in [4.78, 5) is 24.6. The van der Waals surface area contributed by atoms with E-state index < -0.39 is 0 Å². The zero-order valence-electron chi connectivity index (χ0n) is 11.7. The van der Waals surface area contributed by atoms with E-state index >= 15 is 0 Å². The Labute approximate surface area is 137 Å². The van der Waals surface area contributed by atoms with Crippen molar-refractivity contribution in [3.8, 4) is 0 Å². The fourth-order valence-electron chi connectivity index (χ4n) is 2.31. The van der Waals surface area contributed by atoms with Crippen LogP contribution in [0.2, 0.25) is 0 Å². The Hall–Kier alpha value is -1.01. The lowest BCUT2D eigenvalue weighted by molar-refractivity contribution is -0.131. The molecule has 1 aliphatic rings. The fraction of sp³-hybridized carbons (Fsp3) is 0.467. The van der Waals surface area contributed by atoms with Gasteiger partial charge in [0, 0.05) is 15.3 Å². The average molecular weight is 371 g/mol. The highest BCUT2D eigenvalue weighted by atomic mass is 79.9. The van der Waals surface area contributed by atoms with E-state index in [0.717, 1.165) is 35.1 Å². The molecule has 0 aromatic heterocycles. The molecular weight excluding hydrogens is 352 g/mol. The molecule has 114 valence electrons. The van der Waals surface area contributed by atoms with E-state index in [9.17, 15) is 9.59 Å². The zero-order valence-corrected chi connectivity index (χ0v) is 14.1. The standard InChI is InChI=1S/C15H19BrN2O2S/c16-12-6-8-13(9-7-12)21-10-14(19)17-18-15(20)11-4-2-1-3-5-11/h6-9,11H,1-5,10H2,(H,17,19)(H,18,20). The van der Waals surface area contributed by atoms with Gasteiger partial charge < -0.3 is 0 Å². The largest absolute Gasteiger partial charge is 0.273 e.